The Bertz CT molecular complexity index is 1820. The van der Waals surface area contributed by atoms with Crippen LogP contribution in [0, 0.1) is 0 Å². The average Bonchev–Trinajstić information content (AvgIpc) is 3.64. The molecule has 1 aliphatic carbocycles. The Labute approximate surface area is 333 Å². The highest BCUT2D eigenvalue weighted by atomic mass is 16.7. The van der Waals surface area contributed by atoms with Gasteiger partial charge in [-0.1, -0.05) is 36.8 Å². The van der Waals surface area contributed by atoms with Gasteiger partial charge in [-0.3, -0.25) is 9.59 Å². The molecule has 5 fully saturated rings. The topological polar surface area (TPSA) is 113 Å². The van der Waals surface area contributed by atoms with E-state index in [9.17, 15) is 14.4 Å². The van der Waals surface area contributed by atoms with Gasteiger partial charge in [0.2, 0.25) is 11.8 Å². The van der Waals surface area contributed by atoms with Gasteiger partial charge >= 0.3 is 13.2 Å². The van der Waals surface area contributed by atoms with E-state index >= 15 is 0 Å². The van der Waals surface area contributed by atoms with Gasteiger partial charge in [0.25, 0.3) is 0 Å². The first-order valence-electron chi connectivity index (χ1n) is 21.2. The van der Waals surface area contributed by atoms with Gasteiger partial charge in [-0.2, -0.15) is 0 Å². The van der Waals surface area contributed by atoms with Crippen molar-refractivity contribution in [1.82, 2.24) is 15.1 Å². The molecular weight excluding hydrogens is 705 g/mol. The van der Waals surface area contributed by atoms with Crippen molar-refractivity contribution in [3.63, 3.8) is 0 Å². The number of rotatable bonds is 3. The average molecular weight is 768 g/mol. The lowest BCUT2D eigenvalue weighted by Crippen LogP contribution is -2.58. The highest BCUT2D eigenvalue weighted by molar-refractivity contribution is 6.62. The number of amides is 3. The molecule has 9 rings (SSSR count). The summed E-state index contributed by atoms with van der Waals surface area (Å²) in [4.78, 5) is 45.9. The molecule has 56 heavy (non-hydrogen) atoms. The van der Waals surface area contributed by atoms with Gasteiger partial charge in [0, 0.05) is 36.5 Å². The molecule has 0 atom stereocenters. The van der Waals surface area contributed by atoms with Crippen LogP contribution in [-0.4, -0.2) is 103 Å². The molecule has 3 amide bonds. The fraction of sp³-hybridized carbons (Fsp3) is 0.659. The summed E-state index contributed by atoms with van der Waals surface area (Å²) in [7, 11) is -0.477. The quantitative estimate of drug-likeness (QED) is 0.373. The van der Waals surface area contributed by atoms with Crippen LogP contribution in [0.25, 0.3) is 0 Å². The van der Waals surface area contributed by atoms with Crippen LogP contribution in [0.15, 0.2) is 42.5 Å². The third-order valence-electron chi connectivity index (χ3n) is 14.2. The van der Waals surface area contributed by atoms with Crippen LogP contribution in [-0.2, 0) is 34.5 Å². The lowest BCUT2D eigenvalue weighted by Gasteiger charge is -2.48. The van der Waals surface area contributed by atoms with Crippen LogP contribution in [0.3, 0.4) is 0 Å². The molecule has 12 heteroatoms. The Morgan fingerprint density at radius 3 is 2.09 bits per heavy atom. The molecule has 2 N–H and O–H groups in total. The summed E-state index contributed by atoms with van der Waals surface area (Å²) in [5, 5.41) is 6.30. The number of benzene rings is 2. The summed E-state index contributed by atoms with van der Waals surface area (Å²) in [5.41, 5.74) is 2.98. The number of ether oxygens (including phenoxy) is 1. The van der Waals surface area contributed by atoms with E-state index in [1.807, 2.05) is 39.0 Å². The van der Waals surface area contributed by atoms with Crippen molar-refractivity contribution in [3.8, 4) is 0 Å². The van der Waals surface area contributed by atoms with E-state index in [0.717, 1.165) is 61.2 Å². The first-order valence-corrected chi connectivity index (χ1v) is 21.2. The predicted molar refractivity (Wildman–Crippen MR) is 219 cm³/mol. The summed E-state index contributed by atoms with van der Waals surface area (Å²) in [6.07, 6.45) is 8.66. The largest absolute Gasteiger partial charge is 0.494 e. The zero-order valence-corrected chi connectivity index (χ0v) is 34.7. The minimum absolute atomic E-state index is 0.185. The number of carbonyl (C=O) groups is 3. The van der Waals surface area contributed by atoms with Gasteiger partial charge in [0.05, 0.1) is 22.0 Å². The van der Waals surface area contributed by atoms with Crippen molar-refractivity contribution in [2.75, 3.05) is 49.5 Å². The van der Waals surface area contributed by atoms with Crippen LogP contribution in [0.1, 0.15) is 117 Å². The number of anilines is 2. The van der Waals surface area contributed by atoms with Gasteiger partial charge < -0.3 is 39.4 Å². The molecule has 4 saturated heterocycles. The smallest absolute Gasteiger partial charge is 0.444 e. The maximum Gasteiger partial charge on any atom is 0.494 e. The Balaban J connectivity index is 0.000000244. The zero-order valence-electron chi connectivity index (χ0n) is 34.7. The SMILES string of the molecule is CC(C)(C)OC(=O)N1CCC2(CC1)C(=O)N(C1CC(N3CCCCC3)C1)c1cc(B3OC(C)(C)C(C)(C)O3)ccc12.O=C1Nc2ccccc2C12CCNCC2. The third-order valence-corrected chi connectivity index (χ3v) is 14.2. The number of nitrogens with zero attached hydrogens (tertiary/aromatic N) is 3. The Morgan fingerprint density at radius 1 is 0.804 bits per heavy atom. The fourth-order valence-corrected chi connectivity index (χ4v) is 10.1. The van der Waals surface area contributed by atoms with Crippen molar-refractivity contribution < 1.29 is 28.4 Å². The summed E-state index contributed by atoms with van der Waals surface area (Å²) < 4.78 is 18.4. The predicted octanol–water partition coefficient (Wildman–Crippen LogP) is 5.88. The maximum atomic E-state index is 14.5. The molecule has 302 valence electrons. The standard InChI is InChI=1S/C32H48BN3O5.C12H14N2O/c1-29(2,3)39-28(38)35-17-13-32(14-18-35)25-12-11-22(33-40-30(4,5)31(6,7)41-33)19-26(25)36(27(32)37)24-20-23(21-24)34-15-9-8-10-16-34;15-11-12(5-7-13-8-6-12)9-3-1-2-4-10(9)14-11/h11-12,19,23-24H,8-10,13-18,20-21H2,1-7H3;1-4,13H,5-8H2,(H,14,15). The van der Waals surface area contributed by atoms with E-state index in [1.165, 1.54) is 37.9 Å². The number of para-hydroxylation sites is 1. The molecule has 6 aliphatic heterocycles. The van der Waals surface area contributed by atoms with E-state index in [1.54, 1.807) is 4.90 Å². The second kappa shape index (κ2) is 14.4. The van der Waals surface area contributed by atoms with Crippen molar-refractivity contribution in [1.29, 1.82) is 0 Å². The lowest BCUT2D eigenvalue weighted by atomic mass is 9.71. The van der Waals surface area contributed by atoms with Crippen LogP contribution in [0.5, 0.6) is 0 Å². The van der Waals surface area contributed by atoms with Gasteiger partial charge in [-0.05, 0) is 155 Å². The van der Waals surface area contributed by atoms with Crippen molar-refractivity contribution >= 4 is 41.9 Å². The number of piperidine rings is 3. The van der Waals surface area contributed by atoms with Crippen molar-refractivity contribution in [2.45, 2.75) is 146 Å². The fourth-order valence-electron chi connectivity index (χ4n) is 10.1. The molecule has 2 aromatic rings. The maximum absolute atomic E-state index is 14.5. The highest BCUT2D eigenvalue weighted by Gasteiger charge is 2.57. The molecule has 6 heterocycles. The molecule has 2 spiro atoms. The minimum atomic E-state index is -0.613. The number of carbonyl (C=O) groups excluding carboxylic acids is 3. The number of hydrogen-bond donors (Lipinski definition) is 2. The van der Waals surface area contributed by atoms with E-state index in [4.69, 9.17) is 14.0 Å². The minimum Gasteiger partial charge on any atom is -0.444 e. The van der Waals surface area contributed by atoms with Crippen LogP contribution in [0.2, 0.25) is 0 Å². The first-order chi connectivity index (χ1) is 26.5. The molecule has 1 saturated carbocycles. The molecular formula is C44H62BN5O6. The van der Waals surface area contributed by atoms with Gasteiger partial charge in [0.1, 0.15) is 5.60 Å². The number of fused-ring (bicyclic) bond motifs is 4. The van der Waals surface area contributed by atoms with Crippen molar-refractivity contribution in [2.24, 2.45) is 0 Å². The van der Waals surface area contributed by atoms with Crippen LogP contribution in [0.4, 0.5) is 16.2 Å². The molecule has 7 aliphatic rings. The Morgan fingerprint density at radius 2 is 1.45 bits per heavy atom. The van der Waals surface area contributed by atoms with Gasteiger partial charge in [0.15, 0.2) is 0 Å². The van der Waals surface area contributed by atoms with Crippen LogP contribution >= 0.6 is 0 Å². The van der Waals surface area contributed by atoms with Gasteiger partial charge in [-0.15, -0.1) is 0 Å². The summed E-state index contributed by atoms with van der Waals surface area (Å²) in [5.74, 6) is 0.384. The monoisotopic (exact) mass is 767 g/mol. The molecule has 0 aromatic heterocycles. The third kappa shape index (κ3) is 6.86. The second-order valence-corrected chi connectivity index (χ2v) is 19.3. The first kappa shape index (κ1) is 39.4. The molecule has 11 nitrogen and oxygen atoms in total. The summed E-state index contributed by atoms with van der Waals surface area (Å²) in [6, 6.07) is 15.2. The van der Waals surface area contributed by atoms with E-state index < -0.39 is 29.3 Å². The highest BCUT2D eigenvalue weighted by Crippen LogP contribution is 2.51. The lowest BCUT2D eigenvalue weighted by molar-refractivity contribution is -0.126. The molecule has 2 aromatic carbocycles. The second-order valence-electron chi connectivity index (χ2n) is 19.3. The number of nitrogens with one attached hydrogen (secondary N) is 2. The van der Waals surface area contributed by atoms with E-state index in [-0.39, 0.29) is 29.4 Å². The Kier molecular flexibility index (Phi) is 10.1. The van der Waals surface area contributed by atoms with Crippen molar-refractivity contribution in [3.05, 3.63) is 53.6 Å². The van der Waals surface area contributed by atoms with E-state index in [2.05, 4.69) is 72.4 Å². The summed E-state index contributed by atoms with van der Waals surface area (Å²) >= 11 is 0. The number of hydrogen-bond acceptors (Lipinski definition) is 8. The molecule has 0 unspecified atom stereocenters. The number of likely N-dealkylation sites (tertiary alicyclic amines) is 2. The molecule has 0 bridgehead atoms. The summed E-state index contributed by atoms with van der Waals surface area (Å²) in [6.45, 7) is 19.2. The Hall–Kier alpha value is -3.45. The van der Waals surface area contributed by atoms with Gasteiger partial charge in [-0.25, -0.2) is 4.79 Å². The normalized spacial score (nSPS) is 27.3. The zero-order chi connectivity index (χ0) is 39.7. The van der Waals surface area contributed by atoms with E-state index in [0.29, 0.717) is 32.0 Å². The molecule has 0 radical (unpaired) electrons. The van der Waals surface area contributed by atoms with Crippen LogP contribution < -0.4 is 21.0 Å².